The normalized spacial score (nSPS) is 19.4. The number of halogens is 3. The average Bonchev–Trinajstić information content (AvgIpc) is 2.80. The number of para-hydroxylation sites is 1. The Kier molecular flexibility index (Phi) is 8.14. The third-order valence-corrected chi connectivity index (χ3v) is 6.36. The van der Waals surface area contributed by atoms with E-state index in [1.54, 1.807) is 25.2 Å². The molecular weight excluding hydrogens is 467 g/mol. The van der Waals surface area contributed by atoms with Crippen molar-refractivity contribution in [3.8, 4) is 0 Å². The molecule has 0 unspecified atom stereocenters. The lowest BCUT2D eigenvalue weighted by Gasteiger charge is -2.29. The summed E-state index contributed by atoms with van der Waals surface area (Å²) in [6.45, 7) is 4.75. The molecule has 0 spiro atoms. The Hall–Kier alpha value is -2.72. The number of benzene rings is 1. The van der Waals surface area contributed by atoms with Crippen molar-refractivity contribution < 1.29 is 27.8 Å². The minimum absolute atomic E-state index is 0.0357. The van der Waals surface area contributed by atoms with E-state index in [-0.39, 0.29) is 16.3 Å². The van der Waals surface area contributed by atoms with E-state index in [2.05, 4.69) is 4.99 Å². The zero-order chi connectivity index (χ0) is 24.9. The van der Waals surface area contributed by atoms with Gasteiger partial charge in [-0.3, -0.25) is 4.79 Å². The number of hydrogen-bond acceptors (Lipinski definition) is 6. The maximum absolute atomic E-state index is 13.9. The van der Waals surface area contributed by atoms with Crippen LogP contribution in [0.1, 0.15) is 20.3 Å². The van der Waals surface area contributed by atoms with Gasteiger partial charge in [-0.15, -0.1) is 0 Å². The number of anilines is 1. The van der Waals surface area contributed by atoms with Crippen LogP contribution < -0.4 is 4.31 Å². The number of allylic oxidation sites excluding steroid dienone is 3. The van der Waals surface area contributed by atoms with Crippen LogP contribution in [0, 0.1) is 5.41 Å². The van der Waals surface area contributed by atoms with Crippen molar-refractivity contribution in [3.63, 3.8) is 0 Å². The summed E-state index contributed by atoms with van der Waals surface area (Å²) in [4.78, 5) is 19.0. The molecule has 0 atom stereocenters. The highest BCUT2D eigenvalue weighted by atomic mass is 32.2. The van der Waals surface area contributed by atoms with Gasteiger partial charge in [0.25, 0.3) is 5.91 Å². The molecule has 2 aliphatic rings. The number of rotatable bonds is 5. The smallest absolute Gasteiger partial charge is 0.418 e. The quantitative estimate of drug-likeness (QED) is 0.198. The molecular formula is C24H28F3N3O3S. The van der Waals surface area contributed by atoms with Crippen LogP contribution in [-0.2, 0) is 9.53 Å². The van der Waals surface area contributed by atoms with Gasteiger partial charge < -0.3 is 19.0 Å². The Balaban J connectivity index is 2.03. The third-order valence-electron chi connectivity index (χ3n) is 5.39. The Morgan fingerprint density at radius 1 is 1.24 bits per heavy atom. The maximum atomic E-state index is 13.9. The number of aliphatic hydroxyl groups is 1. The Morgan fingerprint density at radius 3 is 2.47 bits per heavy atom. The second kappa shape index (κ2) is 10.7. The fourth-order valence-corrected chi connectivity index (χ4v) is 4.39. The first kappa shape index (κ1) is 25.9. The molecule has 0 saturated carbocycles. The summed E-state index contributed by atoms with van der Waals surface area (Å²) in [5, 5.41) is 9.97. The predicted molar refractivity (Wildman–Crippen MR) is 129 cm³/mol. The molecule has 184 valence electrons. The van der Waals surface area contributed by atoms with E-state index in [1.165, 1.54) is 17.1 Å². The van der Waals surface area contributed by atoms with Gasteiger partial charge in [-0.25, -0.2) is 4.99 Å². The van der Waals surface area contributed by atoms with Crippen LogP contribution in [0.4, 0.5) is 18.9 Å². The number of ether oxygens (including phenoxy) is 1. The lowest BCUT2D eigenvalue weighted by Crippen LogP contribution is -2.42. The lowest BCUT2D eigenvalue weighted by atomic mass is 9.82. The Morgan fingerprint density at radius 2 is 1.88 bits per heavy atom. The molecule has 0 radical (unpaired) electrons. The number of aliphatic hydroxyl groups excluding tert-OH is 1. The number of hydrogen-bond donors (Lipinski definition) is 1. The Labute approximate surface area is 201 Å². The second-order valence-corrected chi connectivity index (χ2v) is 9.74. The minimum Gasteiger partial charge on any atom is -0.515 e. The van der Waals surface area contributed by atoms with Crippen molar-refractivity contribution in [3.05, 3.63) is 65.6 Å². The topological polar surface area (TPSA) is 65.4 Å². The van der Waals surface area contributed by atoms with Gasteiger partial charge in [0.15, 0.2) is 0 Å². The fraction of sp³-hybridized carbons (Fsp3) is 0.417. The molecule has 3 rings (SSSR count). The van der Waals surface area contributed by atoms with Crippen LogP contribution in [0.2, 0.25) is 0 Å². The van der Waals surface area contributed by atoms with Crippen LogP contribution in [0.3, 0.4) is 0 Å². The molecule has 0 aromatic heterocycles. The summed E-state index contributed by atoms with van der Waals surface area (Å²) in [6, 6.07) is 9.12. The molecule has 1 fully saturated rings. The lowest BCUT2D eigenvalue weighted by molar-refractivity contribution is -0.130. The van der Waals surface area contributed by atoms with Crippen LogP contribution >= 0.6 is 11.9 Å². The number of carbonyl (C=O) groups excluding carboxylic acids is 1. The fourth-order valence-electron chi connectivity index (χ4n) is 3.52. The molecule has 34 heavy (non-hydrogen) atoms. The molecule has 1 amide bonds. The average molecular weight is 496 g/mol. The summed E-state index contributed by atoms with van der Waals surface area (Å²) in [6.07, 6.45) is -1.05. The van der Waals surface area contributed by atoms with E-state index in [1.807, 2.05) is 30.3 Å². The third kappa shape index (κ3) is 6.44. The largest absolute Gasteiger partial charge is 0.515 e. The molecule has 1 saturated heterocycles. The van der Waals surface area contributed by atoms with Crippen molar-refractivity contribution in [1.29, 1.82) is 0 Å². The van der Waals surface area contributed by atoms with Gasteiger partial charge in [0.05, 0.1) is 30.7 Å². The number of carbonyl (C=O) groups is 1. The Bertz CT molecular complexity index is 1010. The molecule has 1 aliphatic heterocycles. The second-order valence-electron chi connectivity index (χ2n) is 8.63. The van der Waals surface area contributed by atoms with Crippen molar-refractivity contribution in [2.45, 2.75) is 26.4 Å². The first-order valence-electron chi connectivity index (χ1n) is 10.8. The van der Waals surface area contributed by atoms with E-state index < -0.39 is 23.1 Å². The van der Waals surface area contributed by atoms with Crippen LogP contribution in [-0.4, -0.2) is 60.5 Å². The molecule has 10 heteroatoms. The summed E-state index contributed by atoms with van der Waals surface area (Å²) in [7, 11) is 1.71. The zero-order valence-electron chi connectivity index (χ0n) is 19.3. The van der Waals surface area contributed by atoms with Gasteiger partial charge in [0, 0.05) is 37.8 Å². The van der Waals surface area contributed by atoms with E-state index in [0.717, 1.165) is 17.6 Å². The van der Waals surface area contributed by atoms with Crippen molar-refractivity contribution in [2.24, 2.45) is 10.4 Å². The van der Waals surface area contributed by atoms with E-state index in [9.17, 15) is 23.1 Å². The molecule has 1 aromatic rings. The van der Waals surface area contributed by atoms with Crippen molar-refractivity contribution >= 4 is 28.6 Å². The van der Waals surface area contributed by atoms with Gasteiger partial charge in [-0.1, -0.05) is 44.2 Å². The summed E-state index contributed by atoms with van der Waals surface area (Å²) >= 11 is 0.970. The van der Waals surface area contributed by atoms with E-state index in [0.29, 0.717) is 39.0 Å². The SMILES string of the molecule is CN(SC(=NC1=CCC(C)(C)C=C1C(F)(F)F)/C(=C/O)C(=O)N1CCOCC1)c1ccccc1. The van der Waals surface area contributed by atoms with E-state index in [4.69, 9.17) is 4.74 Å². The van der Waals surface area contributed by atoms with Crippen molar-refractivity contribution in [1.82, 2.24) is 4.90 Å². The first-order valence-corrected chi connectivity index (χ1v) is 11.6. The zero-order valence-corrected chi connectivity index (χ0v) is 20.1. The number of aliphatic imine (C=N–C) groups is 1. The highest BCUT2D eigenvalue weighted by Gasteiger charge is 2.40. The first-order chi connectivity index (χ1) is 16.0. The van der Waals surface area contributed by atoms with Gasteiger partial charge in [-0.2, -0.15) is 13.2 Å². The number of amides is 1. The highest BCUT2D eigenvalue weighted by Crippen LogP contribution is 2.41. The van der Waals surface area contributed by atoms with Gasteiger partial charge in [0.2, 0.25) is 0 Å². The van der Waals surface area contributed by atoms with Crippen LogP contribution in [0.25, 0.3) is 0 Å². The molecule has 1 N–H and O–H groups in total. The minimum atomic E-state index is -4.62. The van der Waals surface area contributed by atoms with Crippen LogP contribution in [0.15, 0.2) is 70.6 Å². The highest BCUT2D eigenvalue weighted by molar-refractivity contribution is 8.15. The maximum Gasteiger partial charge on any atom is 0.418 e. The molecule has 1 aliphatic carbocycles. The molecule has 1 aromatic carbocycles. The van der Waals surface area contributed by atoms with E-state index >= 15 is 0 Å². The number of alkyl halides is 3. The number of morpholine rings is 1. The monoisotopic (exact) mass is 495 g/mol. The van der Waals surface area contributed by atoms with Gasteiger partial charge >= 0.3 is 6.18 Å². The molecule has 1 heterocycles. The van der Waals surface area contributed by atoms with Gasteiger partial charge in [0.1, 0.15) is 10.6 Å². The predicted octanol–water partition coefficient (Wildman–Crippen LogP) is 5.27. The van der Waals surface area contributed by atoms with Crippen molar-refractivity contribution in [2.75, 3.05) is 37.7 Å². The van der Waals surface area contributed by atoms with Gasteiger partial charge in [-0.05, 0) is 24.0 Å². The molecule has 0 bridgehead atoms. The number of nitrogens with zero attached hydrogens (tertiary/aromatic N) is 3. The summed E-state index contributed by atoms with van der Waals surface area (Å²) < 4.78 is 48.6. The van der Waals surface area contributed by atoms with Crippen LogP contribution in [0.5, 0.6) is 0 Å². The summed E-state index contributed by atoms with van der Waals surface area (Å²) in [5.41, 5.74) is -1.24. The standard InChI is InChI=1S/C24H28F3N3O3S/c1-23(2)10-9-20(19(15-23)24(25,26)27)28-21(34-29(3)17-7-5-4-6-8-17)18(16-31)22(32)30-11-13-33-14-12-30/h4-9,15-16,31H,10-14H2,1-3H3/b18-16-,28-21?. The molecule has 6 nitrogen and oxygen atoms in total. The summed E-state index contributed by atoms with van der Waals surface area (Å²) in [5.74, 6) is -0.521.